The molecule has 1 aromatic heterocycles. The second-order valence-electron chi connectivity index (χ2n) is 7.08. The highest BCUT2D eigenvalue weighted by atomic mass is 32.1. The van der Waals surface area contributed by atoms with Crippen molar-refractivity contribution in [1.29, 1.82) is 5.26 Å². The Hall–Kier alpha value is -3.68. The Balaban J connectivity index is 1.45. The molecule has 1 unspecified atom stereocenters. The normalized spacial score (nSPS) is 11.5. The number of hydrogen-bond acceptors (Lipinski definition) is 3. The molecule has 0 saturated heterocycles. The fraction of sp³-hybridized carbons (Fsp3) is 0.0769. The molecule has 1 heterocycles. The van der Waals surface area contributed by atoms with Crippen LogP contribution in [0.1, 0.15) is 34.5 Å². The maximum absolute atomic E-state index is 12.7. The van der Waals surface area contributed by atoms with Gasteiger partial charge in [-0.3, -0.25) is 4.79 Å². The molecule has 0 saturated carbocycles. The van der Waals surface area contributed by atoms with Crippen molar-refractivity contribution in [3.8, 4) is 27.6 Å². The molecule has 4 rings (SSSR count). The van der Waals surface area contributed by atoms with E-state index in [4.69, 9.17) is 5.26 Å². The predicted octanol–water partition coefficient (Wildman–Crippen LogP) is 6.44. The standard InChI is InChI=1S/C26H20N2OS/c1-18(20-10-12-21(13-11-20)23-9-5-6-19(14-23)16-27)28-26(29)24-15-25(30-17-24)22-7-3-2-4-8-22/h2-15,17-18H,1H3,(H,28,29). The van der Waals surface area contributed by atoms with Crippen LogP contribution in [0.3, 0.4) is 0 Å². The first kappa shape index (κ1) is 19.6. The first-order valence-electron chi connectivity index (χ1n) is 9.69. The summed E-state index contributed by atoms with van der Waals surface area (Å²) in [5.74, 6) is -0.0771. The highest BCUT2D eigenvalue weighted by Gasteiger charge is 2.14. The molecule has 0 aliphatic heterocycles. The summed E-state index contributed by atoms with van der Waals surface area (Å²) < 4.78 is 0. The number of nitrogens with one attached hydrogen (secondary N) is 1. The average Bonchev–Trinajstić information content (AvgIpc) is 3.30. The van der Waals surface area contributed by atoms with Crippen molar-refractivity contribution < 1.29 is 4.79 Å². The van der Waals surface area contributed by atoms with Crippen LogP contribution in [0.4, 0.5) is 0 Å². The third kappa shape index (κ3) is 4.32. The minimum absolute atomic E-state index is 0.0771. The molecule has 3 aromatic carbocycles. The zero-order valence-corrected chi connectivity index (χ0v) is 17.3. The maximum atomic E-state index is 12.7. The Bertz CT molecular complexity index is 1200. The van der Waals surface area contributed by atoms with Crippen molar-refractivity contribution in [2.24, 2.45) is 0 Å². The summed E-state index contributed by atoms with van der Waals surface area (Å²) in [5.41, 5.74) is 5.51. The number of rotatable bonds is 5. The van der Waals surface area contributed by atoms with Crippen LogP contribution >= 0.6 is 11.3 Å². The smallest absolute Gasteiger partial charge is 0.252 e. The molecule has 1 amide bonds. The monoisotopic (exact) mass is 408 g/mol. The van der Waals surface area contributed by atoms with E-state index in [1.54, 1.807) is 17.4 Å². The van der Waals surface area contributed by atoms with E-state index < -0.39 is 0 Å². The van der Waals surface area contributed by atoms with Gasteiger partial charge in [-0.1, -0.05) is 66.7 Å². The average molecular weight is 409 g/mol. The number of thiophene rings is 1. The Morgan fingerprint density at radius 1 is 0.900 bits per heavy atom. The summed E-state index contributed by atoms with van der Waals surface area (Å²) in [6, 6.07) is 29.7. The van der Waals surface area contributed by atoms with E-state index in [-0.39, 0.29) is 11.9 Å². The zero-order chi connectivity index (χ0) is 20.9. The summed E-state index contributed by atoms with van der Waals surface area (Å²) in [6.45, 7) is 1.98. The molecule has 0 radical (unpaired) electrons. The maximum Gasteiger partial charge on any atom is 0.252 e. The molecule has 1 N–H and O–H groups in total. The van der Waals surface area contributed by atoms with Crippen LogP contribution in [0.2, 0.25) is 0 Å². The molecule has 0 aliphatic carbocycles. The SMILES string of the molecule is CC(NC(=O)c1csc(-c2ccccc2)c1)c1ccc(-c2cccc(C#N)c2)cc1. The van der Waals surface area contributed by atoms with Gasteiger partial charge in [-0.05, 0) is 47.4 Å². The number of amides is 1. The Kier molecular flexibility index (Phi) is 5.74. The number of carbonyl (C=O) groups is 1. The molecule has 3 nitrogen and oxygen atoms in total. The fourth-order valence-electron chi connectivity index (χ4n) is 3.30. The number of hydrogen-bond donors (Lipinski definition) is 1. The molecule has 0 aliphatic rings. The lowest BCUT2D eigenvalue weighted by atomic mass is 10.00. The topological polar surface area (TPSA) is 52.9 Å². The Morgan fingerprint density at radius 3 is 2.37 bits per heavy atom. The van der Waals surface area contributed by atoms with E-state index in [1.165, 1.54) is 0 Å². The van der Waals surface area contributed by atoms with Crippen LogP contribution in [-0.4, -0.2) is 5.91 Å². The largest absolute Gasteiger partial charge is 0.345 e. The first-order valence-corrected chi connectivity index (χ1v) is 10.6. The summed E-state index contributed by atoms with van der Waals surface area (Å²) in [6.07, 6.45) is 0. The Labute approximate surface area is 180 Å². The summed E-state index contributed by atoms with van der Waals surface area (Å²) in [7, 11) is 0. The van der Waals surface area contributed by atoms with Gasteiger partial charge >= 0.3 is 0 Å². The molecular formula is C26H20N2OS. The van der Waals surface area contributed by atoms with E-state index in [0.29, 0.717) is 11.1 Å². The minimum Gasteiger partial charge on any atom is -0.345 e. The van der Waals surface area contributed by atoms with Gasteiger partial charge in [0.05, 0.1) is 23.2 Å². The van der Waals surface area contributed by atoms with Gasteiger partial charge in [-0.15, -0.1) is 11.3 Å². The van der Waals surface area contributed by atoms with Gasteiger partial charge in [0.1, 0.15) is 0 Å². The summed E-state index contributed by atoms with van der Waals surface area (Å²) in [5, 5.41) is 14.1. The van der Waals surface area contributed by atoms with Crippen LogP contribution < -0.4 is 5.32 Å². The van der Waals surface area contributed by atoms with Crippen molar-refractivity contribution in [3.05, 3.63) is 107 Å². The Morgan fingerprint density at radius 2 is 1.63 bits per heavy atom. The van der Waals surface area contributed by atoms with Gasteiger partial charge in [0.25, 0.3) is 5.91 Å². The van der Waals surface area contributed by atoms with Crippen molar-refractivity contribution >= 4 is 17.2 Å². The van der Waals surface area contributed by atoms with E-state index >= 15 is 0 Å². The second kappa shape index (κ2) is 8.77. The number of nitrogens with zero attached hydrogens (tertiary/aromatic N) is 1. The van der Waals surface area contributed by atoms with Crippen LogP contribution in [0.25, 0.3) is 21.6 Å². The predicted molar refractivity (Wildman–Crippen MR) is 122 cm³/mol. The molecule has 30 heavy (non-hydrogen) atoms. The number of benzene rings is 3. The van der Waals surface area contributed by atoms with Crippen molar-refractivity contribution in [1.82, 2.24) is 5.32 Å². The number of carbonyl (C=O) groups excluding carboxylic acids is 1. The van der Waals surface area contributed by atoms with E-state index in [2.05, 4.69) is 11.4 Å². The van der Waals surface area contributed by atoms with E-state index in [9.17, 15) is 4.79 Å². The third-order valence-corrected chi connectivity index (χ3v) is 5.98. The van der Waals surface area contributed by atoms with Gasteiger partial charge in [0, 0.05) is 10.3 Å². The van der Waals surface area contributed by atoms with Crippen molar-refractivity contribution in [2.75, 3.05) is 0 Å². The minimum atomic E-state index is -0.114. The van der Waals surface area contributed by atoms with E-state index in [1.807, 2.05) is 91.2 Å². The highest BCUT2D eigenvalue weighted by Crippen LogP contribution is 2.28. The molecule has 146 valence electrons. The van der Waals surface area contributed by atoms with Gasteiger partial charge in [-0.25, -0.2) is 0 Å². The lowest BCUT2D eigenvalue weighted by molar-refractivity contribution is 0.0940. The van der Waals surface area contributed by atoms with Crippen LogP contribution in [-0.2, 0) is 0 Å². The molecule has 1 atom stereocenters. The molecule has 4 aromatic rings. The molecule has 0 bridgehead atoms. The van der Waals surface area contributed by atoms with Crippen LogP contribution in [0, 0.1) is 11.3 Å². The zero-order valence-electron chi connectivity index (χ0n) is 16.5. The summed E-state index contributed by atoms with van der Waals surface area (Å²) >= 11 is 1.57. The molecular weight excluding hydrogens is 388 g/mol. The quantitative estimate of drug-likeness (QED) is 0.413. The van der Waals surface area contributed by atoms with Crippen molar-refractivity contribution in [3.63, 3.8) is 0 Å². The highest BCUT2D eigenvalue weighted by molar-refractivity contribution is 7.13. The third-order valence-electron chi connectivity index (χ3n) is 5.00. The fourth-order valence-corrected chi connectivity index (χ4v) is 4.20. The van der Waals surface area contributed by atoms with Gasteiger partial charge in [-0.2, -0.15) is 5.26 Å². The lowest BCUT2D eigenvalue weighted by Crippen LogP contribution is -2.26. The lowest BCUT2D eigenvalue weighted by Gasteiger charge is -2.14. The van der Waals surface area contributed by atoms with Gasteiger partial charge < -0.3 is 5.32 Å². The number of nitriles is 1. The summed E-state index contributed by atoms with van der Waals surface area (Å²) in [4.78, 5) is 13.8. The first-order chi connectivity index (χ1) is 14.6. The molecule has 0 fully saturated rings. The van der Waals surface area contributed by atoms with Crippen LogP contribution in [0.5, 0.6) is 0 Å². The van der Waals surface area contributed by atoms with E-state index in [0.717, 1.165) is 27.1 Å². The van der Waals surface area contributed by atoms with Gasteiger partial charge in [0.2, 0.25) is 0 Å². The molecule has 0 spiro atoms. The van der Waals surface area contributed by atoms with Gasteiger partial charge in [0.15, 0.2) is 0 Å². The van der Waals surface area contributed by atoms with Crippen LogP contribution in [0.15, 0.2) is 90.3 Å². The van der Waals surface area contributed by atoms with Crippen molar-refractivity contribution in [2.45, 2.75) is 13.0 Å². The molecule has 4 heteroatoms. The second-order valence-corrected chi connectivity index (χ2v) is 7.99.